The van der Waals surface area contributed by atoms with Crippen LogP contribution in [0.15, 0.2) is 29.3 Å². The smallest absolute Gasteiger partial charge is 0.326 e. The molecule has 8 heteroatoms. The van der Waals surface area contributed by atoms with Crippen molar-refractivity contribution in [3.8, 4) is 11.5 Å². The molecule has 1 aromatic carbocycles. The molecule has 0 saturated heterocycles. The SMILES string of the molecule is COc1ccc(OC)c(COC(=O)Cn2cnc3sc(C)c(C)c3c2=O)c1. The number of aromatic nitrogens is 2. The fraction of sp³-hybridized carbons (Fsp3) is 0.316. The highest BCUT2D eigenvalue weighted by atomic mass is 32.1. The van der Waals surface area contributed by atoms with E-state index < -0.39 is 5.97 Å². The van der Waals surface area contributed by atoms with Gasteiger partial charge in [0.2, 0.25) is 0 Å². The zero-order valence-electron chi connectivity index (χ0n) is 15.6. The van der Waals surface area contributed by atoms with Gasteiger partial charge in [0.1, 0.15) is 29.5 Å². The summed E-state index contributed by atoms with van der Waals surface area (Å²) in [6.07, 6.45) is 1.38. The van der Waals surface area contributed by atoms with Crippen LogP contribution in [0.3, 0.4) is 0 Å². The van der Waals surface area contributed by atoms with Gasteiger partial charge in [0.25, 0.3) is 5.56 Å². The number of ether oxygens (including phenoxy) is 3. The lowest BCUT2D eigenvalue weighted by molar-refractivity contribution is -0.145. The number of nitrogens with zero attached hydrogens (tertiary/aromatic N) is 2. The first-order valence-corrected chi connectivity index (χ1v) is 9.08. The van der Waals surface area contributed by atoms with E-state index in [0.717, 1.165) is 10.4 Å². The molecule has 0 fully saturated rings. The summed E-state index contributed by atoms with van der Waals surface area (Å²) in [4.78, 5) is 30.9. The second kappa shape index (κ2) is 7.79. The van der Waals surface area contributed by atoms with Crippen LogP contribution in [-0.2, 0) is 22.7 Å². The Morgan fingerprint density at radius 2 is 2.00 bits per heavy atom. The third-order valence-corrected chi connectivity index (χ3v) is 5.45. The van der Waals surface area contributed by atoms with Crippen LogP contribution in [0.5, 0.6) is 11.5 Å². The van der Waals surface area contributed by atoms with Crippen molar-refractivity contribution >= 4 is 27.5 Å². The van der Waals surface area contributed by atoms with E-state index in [-0.39, 0.29) is 18.7 Å². The fourth-order valence-electron chi connectivity index (χ4n) is 2.72. The maximum absolute atomic E-state index is 12.6. The number of carbonyl (C=O) groups is 1. The standard InChI is InChI=1S/C19H20N2O5S/c1-11-12(2)27-18-17(11)19(23)21(10-20-18)8-16(22)26-9-13-7-14(24-3)5-6-15(13)25-4/h5-7,10H,8-9H2,1-4H3. The highest BCUT2D eigenvalue weighted by Crippen LogP contribution is 2.26. The first kappa shape index (κ1) is 18.9. The van der Waals surface area contributed by atoms with Gasteiger partial charge < -0.3 is 14.2 Å². The van der Waals surface area contributed by atoms with E-state index in [1.165, 1.54) is 22.2 Å². The van der Waals surface area contributed by atoms with E-state index in [2.05, 4.69) is 4.98 Å². The number of benzene rings is 1. The van der Waals surface area contributed by atoms with Crippen LogP contribution < -0.4 is 15.0 Å². The number of methoxy groups -OCH3 is 2. The van der Waals surface area contributed by atoms with Gasteiger partial charge in [-0.05, 0) is 37.6 Å². The topological polar surface area (TPSA) is 79.7 Å². The summed E-state index contributed by atoms with van der Waals surface area (Å²) in [6, 6.07) is 5.24. The first-order chi connectivity index (χ1) is 12.9. The van der Waals surface area contributed by atoms with Crippen LogP contribution in [-0.4, -0.2) is 29.7 Å². The molecule has 2 aromatic heterocycles. The molecule has 7 nitrogen and oxygen atoms in total. The summed E-state index contributed by atoms with van der Waals surface area (Å²) in [7, 11) is 3.10. The van der Waals surface area contributed by atoms with Crippen LogP contribution >= 0.6 is 11.3 Å². The Labute approximate surface area is 160 Å². The molecule has 0 aliphatic rings. The minimum atomic E-state index is -0.535. The molecule has 0 amide bonds. The number of carbonyl (C=O) groups excluding carboxylic acids is 1. The summed E-state index contributed by atoms with van der Waals surface area (Å²) in [5, 5.41) is 0.558. The summed E-state index contributed by atoms with van der Waals surface area (Å²) in [6.45, 7) is 3.64. The van der Waals surface area contributed by atoms with Crippen LogP contribution in [0, 0.1) is 13.8 Å². The van der Waals surface area contributed by atoms with Gasteiger partial charge in [0.05, 0.1) is 25.9 Å². The zero-order valence-corrected chi connectivity index (χ0v) is 16.4. The molecule has 142 valence electrons. The number of rotatable bonds is 6. The summed E-state index contributed by atoms with van der Waals surface area (Å²) < 4.78 is 17.0. The van der Waals surface area contributed by atoms with Gasteiger partial charge in [-0.2, -0.15) is 0 Å². The molecule has 3 rings (SSSR count). The number of thiophene rings is 1. The van der Waals surface area contributed by atoms with Crippen molar-refractivity contribution in [1.29, 1.82) is 0 Å². The second-order valence-electron chi connectivity index (χ2n) is 5.98. The number of fused-ring (bicyclic) bond motifs is 1. The van der Waals surface area contributed by atoms with Crippen molar-refractivity contribution in [3.05, 3.63) is 50.9 Å². The summed E-state index contributed by atoms with van der Waals surface area (Å²) in [5.41, 5.74) is 1.34. The Balaban J connectivity index is 1.75. The molecule has 0 spiro atoms. The van der Waals surface area contributed by atoms with Crippen molar-refractivity contribution in [1.82, 2.24) is 9.55 Å². The Hall–Kier alpha value is -2.87. The van der Waals surface area contributed by atoms with E-state index >= 15 is 0 Å². The van der Waals surface area contributed by atoms with E-state index in [1.807, 2.05) is 13.8 Å². The van der Waals surface area contributed by atoms with Crippen molar-refractivity contribution in [2.75, 3.05) is 14.2 Å². The quantitative estimate of drug-likeness (QED) is 0.604. The van der Waals surface area contributed by atoms with Gasteiger partial charge in [0.15, 0.2) is 0 Å². The molecule has 0 saturated carbocycles. The van der Waals surface area contributed by atoms with Crippen molar-refractivity contribution < 1.29 is 19.0 Å². The lowest BCUT2D eigenvalue weighted by Crippen LogP contribution is -2.25. The fourth-order valence-corrected chi connectivity index (χ4v) is 3.71. The molecule has 27 heavy (non-hydrogen) atoms. The highest BCUT2D eigenvalue weighted by Gasteiger charge is 2.15. The lowest BCUT2D eigenvalue weighted by Gasteiger charge is -2.11. The number of aryl methyl sites for hydroxylation is 2. The minimum Gasteiger partial charge on any atom is -0.497 e. The molecule has 0 unspecified atom stereocenters. The number of hydrogen-bond acceptors (Lipinski definition) is 7. The molecule has 0 N–H and O–H groups in total. The predicted molar refractivity (Wildman–Crippen MR) is 103 cm³/mol. The van der Waals surface area contributed by atoms with Gasteiger partial charge in [-0.25, -0.2) is 4.98 Å². The van der Waals surface area contributed by atoms with Gasteiger partial charge in [-0.15, -0.1) is 11.3 Å². The summed E-state index contributed by atoms with van der Waals surface area (Å²) in [5.74, 6) is 0.692. The maximum Gasteiger partial charge on any atom is 0.326 e. The summed E-state index contributed by atoms with van der Waals surface area (Å²) >= 11 is 1.47. The Morgan fingerprint density at radius 3 is 2.70 bits per heavy atom. The molecule has 0 bridgehead atoms. The van der Waals surface area contributed by atoms with Crippen molar-refractivity contribution in [3.63, 3.8) is 0 Å². The van der Waals surface area contributed by atoms with E-state index in [0.29, 0.717) is 27.3 Å². The molecular weight excluding hydrogens is 368 g/mol. The van der Waals surface area contributed by atoms with Crippen LogP contribution in [0.4, 0.5) is 0 Å². The third kappa shape index (κ3) is 3.80. The number of hydrogen-bond donors (Lipinski definition) is 0. The highest BCUT2D eigenvalue weighted by molar-refractivity contribution is 7.18. The van der Waals surface area contributed by atoms with E-state index in [1.54, 1.807) is 32.4 Å². The van der Waals surface area contributed by atoms with Gasteiger partial charge in [-0.1, -0.05) is 0 Å². The molecule has 0 aliphatic carbocycles. The number of esters is 1. The molecule has 0 aliphatic heterocycles. The van der Waals surface area contributed by atoms with Gasteiger partial charge >= 0.3 is 5.97 Å². The van der Waals surface area contributed by atoms with Crippen LogP contribution in [0.1, 0.15) is 16.0 Å². The molecule has 3 aromatic rings. The molecule has 0 radical (unpaired) electrons. The zero-order chi connectivity index (χ0) is 19.6. The van der Waals surface area contributed by atoms with Gasteiger partial charge in [-0.3, -0.25) is 14.2 Å². The monoisotopic (exact) mass is 388 g/mol. The lowest BCUT2D eigenvalue weighted by atomic mass is 10.2. The Kier molecular flexibility index (Phi) is 5.46. The normalized spacial score (nSPS) is 10.8. The second-order valence-corrected chi connectivity index (χ2v) is 7.18. The molecule has 0 atom stereocenters. The molecular formula is C19H20N2O5S. The largest absolute Gasteiger partial charge is 0.497 e. The first-order valence-electron chi connectivity index (χ1n) is 8.26. The average Bonchev–Trinajstić information content (AvgIpc) is 2.96. The van der Waals surface area contributed by atoms with Crippen LogP contribution in [0.2, 0.25) is 0 Å². The molecule has 2 heterocycles. The van der Waals surface area contributed by atoms with Crippen molar-refractivity contribution in [2.45, 2.75) is 27.0 Å². The van der Waals surface area contributed by atoms with E-state index in [4.69, 9.17) is 14.2 Å². The van der Waals surface area contributed by atoms with Crippen LogP contribution in [0.25, 0.3) is 10.2 Å². The van der Waals surface area contributed by atoms with E-state index in [9.17, 15) is 9.59 Å². The predicted octanol–water partition coefficient (Wildman–Crippen LogP) is 2.84. The third-order valence-electron chi connectivity index (χ3n) is 4.33. The minimum absolute atomic E-state index is 0.0141. The van der Waals surface area contributed by atoms with Gasteiger partial charge in [0, 0.05) is 10.4 Å². The Bertz CT molecular complexity index is 1050. The average molecular weight is 388 g/mol. The maximum atomic E-state index is 12.6. The Morgan fingerprint density at radius 1 is 1.22 bits per heavy atom. The van der Waals surface area contributed by atoms with Crippen molar-refractivity contribution in [2.24, 2.45) is 0 Å².